The fraction of sp³-hybridized carbons (Fsp3) is 0.429. The normalized spacial score (nSPS) is 16.3. The number of piperazine rings is 1. The number of hydrogen-bond acceptors (Lipinski definition) is 5. The molecule has 1 fully saturated rings. The summed E-state index contributed by atoms with van der Waals surface area (Å²) in [5.41, 5.74) is 2.91. The van der Waals surface area contributed by atoms with Gasteiger partial charge >= 0.3 is 5.97 Å². The number of anilines is 1. The molecule has 1 atom stereocenters. The average Bonchev–Trinajstić information content (AvgIpc) is 2.68. The fourth-order valence-electron chi connectivity index (χ4n) is 3.57. The van der Waals surface area contributed by atoms with Crippen LogP contribution >= 0.6 is 0 Å². The Bertz CT molecular complexity index is 756. The lowest BCUT2D eigenvalue weighted by atomic mass is 10.0. The first-order valence-corrected chi connectivity index (χ1v) is 9.43. The second-order valence-electron chi connectivity index (χ2n) is 6.97. The Hall–Kier alpha value is -2.44. The van der Waals surface area contributed by atoms with E-state index in [0.29, 0.717) is 13.1 Å². The van der Waals surface area contributed by atoms with Crippen LogP contribution in [0.5, 0.6) is 0 Å². The number of carboxylic acids is 1. The number of hydrogen-bond donors (Lipinski definition) is 2. The molecule has 0 amide bonds. The largest absolute Gasteiger partial charge is 0.480 e. The quantitative estimate of drug-likeness (QED) is 0.780. The summed E-state index contributed by atoms with van der Waals surface area (Å²) in [5, 5.41) is 18.7. The lowest BCUT2D eigenvalue weighted by molar-refractivity contribution is -0.143. The summed E-state index contributed by atoms with van der Waals surface area (Å²) in [6, 6.07) is 13.1. The van der Waals surface area contributed by atoms with Gasteiger partial charge in [0, 0.05) is 38.5 Å². The van der Waals surface area contributed by atoms with Crippen molar-refractivity contribution in [3.8, 4) is 0 Å². The second-order valence-corrected chi connectivity index (χ2v) is 6.97. The Morgan fingerprint density at radius 3 is 2.41 bits per heavy atom. The number of nitrogens with zero attached hydrogens (tertiary/aromatic N) is 3. The third-order valence-corrected chi connectivity index (χ3v) is 5.03. The molecule has 0 radical (unpaired) electrons. The van der Waals surface area contributed by atoms with Crippen LogP contribution in [0.15, 0.2) is 42.5 Å². The number of aliphatic hydroxyl groups is 1. The maximum atomic E-state index is 12.0. The number of aliphatic hydroxyl groups excluding tert-OH is 1. The molecule has 144 valence electrons. The molecule has 2 aromatic rings. The zero-order chi connectivity index (χ0) is 19.2. The van der Waals surface area contributed by atoms with E-state index in [-0.39, 0.29) is 6.61 Å². The van der Waals surface area contributed by atoms with Crippen molar-refractivity contribution in [3.05, 3.63) is 59.3 Å². The molecule has 0 aliphatic carbocycles. The monoisotopic (exact) mass is 369 g/mol. The van der Waals surface area contributed by atoms with Gasteiger partial charge in [-0.15, -0.1) is 0 Å². The van der Waals surface area contributed by atoms with Gasteiger partial charge in [-0.25, -0.2) is 4.98 Å². The number of pyridine rings is 1. The minimum absolute atomic E-state index is 0.166. The van der Waals surface area contributed by atoms with Crippen LogP contribution in [-0.2, 0) is 11.2 Å². The van der Waals surface area contributed by atoms with Crippen LogP contribution in [0, 0.1) is 6.92 Å². The Kier molecular flexibility index (Phi) is 6.42. The average molecular weight is 369 g/mol. The SMILES string of the molecule is Cc1cccc(N2CCN(C(C(=O)O)c3ccc(CCCO)cc3)CC2)n1. The van der Waals surface area contributed by atoms with E-state index in [1.165, 1.54) is 0 Å². The predicted octanol–water partition coefficient (Wildman–Crippen LogP) is 2.26. The van der Waals surface area contributed by atoms with Gasteiger partial charge in [-0.3, -0.25) is 9.69 Å². The van der Waals surface area contributed by atoms with Crippen molar-refractivity contribution < 1.29 is 15.0 Å². The van der Waals surface area contributed by atoms with Gasteiger partial charge in [0.2, 0.25) is 0 Å². The van der Waals surface area contributed by atoms with Crippen molar-refractivity contribution in [1.82, 2.24) is 9.88 Å². The lowest BCUT2D eigenvalue weighted by Gasteiger charge is -2.38. The summed E-state index contributed by atoms with van der Waals surface area (Å²) in [7, 11) is 0. The van der Waals surface area contributed by atoms with Gasteiger partial charge in [0.25, 0.3) is 0 Å². The van der Waals surface area contributed by atoms with Gasteiger partial charge in [-0.1, -0.05) is 30.3 Å². The first kappa shape index (κ1) is 19.3. The molecule has 2 heterocycles. The Morgan fingerprint density at radius 1 is 1.11 bits per heavy atom. The van der Waals surface area contributed by atoms with Crippen molar-refractivity contribution in [3.63, 3.8) is 0 Å². The first-order chi connectivity index (χ1) is 13.1. The van der Waals surface area contributed by atoms with Crippen LogP contribution < -0.4 is 4.90 Å². The number of aromatic nitrogens is 1. The number of aryl methyl sites for hydroxylation is 2. The van der Waals surface area contributed by atoms with Crippen molar-refractivity contribution in [2.75, 3.05) is 37.7 Å². The van der Waals surface area contributed by atoms with E-state index in [2.05, 4.69) is 9.88 Å². The molecule has 27 heavy (non-hydrogen) atoms. The number of benzene rings is 1. The summed E-state index contributed by atoms with van der Waals surface area (Å²) in [6.07, 6.45) is 1.52. The van der Waals surface area contributed by atoms with Crippen LogP contribution in [0.25, 0.3) is 0 Å². The van der Waals surface area contributed by atoms with Crippen molar-refractivity contribution in [1.29, 1.82) is 0 Å². The Morgan fingerprint density at radius 2 is 1.81 bits per heavy atom. The van der Waals surface area contributed by atoms with Gasteiger partial charge in [0.1, 0.15) is 11.9 Å². The molecule has 1 aromatic carbocycles. The molecular weight excluding hydrogens is 342 g/mol. The van der Waals surface area contributed by atoms with E-state index in [0.717, 1.165) is 48.6 Å². The number of carboxylic acid groups (broad SMARTS) is 1. The Balaban J connectivity index is 1.67. The summed E-state index contributed by atoms with van der Waals surface area (Å²) in [4.78, 5) is 20.8. The molecule has 0 spiro atoms. The predicted molar refractivity (Wildman–Crippen MR) is 105 cm³/mol. The lowest BCUT2D eigenvalue weighted by Crippen LogP contribution is -2.49. The molecule has 1 aliphatic rings. The van der Waals surface area contributed by atoms with Crippen molar-refractivity contribution in [2.24, 2.45) is 0 Å². The zero-order valence-corrected chi connectivity index (χ0v) is 15.7. The standard InChI is InChI=1S/C21H27N3O3/c1-16-4-2-6-19(22-16)23-11-13-24(14-12-23)20(21(26)27)18-9-7-17(8-10-18)5-3-15-25/h2,4,6-10,20,25H,3,5,11-15H2,1H3,(H,26,27). The van der Waals surface area contributed by atoms with Crippen LogP contribution in [0.4, 0.5) is 5.82 Å². The van der Waals surface area contributed by atoms with Gasteiger partial charge in [-0.05, 0) is 43.0 Å². The van der Waals surface area contributed by atoms with E-state index >= 15 is 0 Å². The highest BCUT2D eigenvalue weighted by Gasteiger charge is 2.30. The first-order valence-electron chi connectivity index (χ1n) is 9.43. The third-order valence-electron chi connectivity index (χ3n) is 5.03. The van der Waals surface area contributed by atoms with E-state index in [1.807, 2.05) is 54.3 Å². The molecule has 3 rings (SSSR count). The summed E-state index contributed by atoms with van der Waals surface area (Å²) >= 11 is 0. The topological polar surface area (TPSA) is 76.9 Å². The number of aliphatic carboxylic acids is 1. The van der Waals surface area contributed by atoms with Crippen LogP contribution in [0.3, 0.4) is 0 Å². The number of carbonyl (C=O) groups is 1. The highest BCUT2D eigenvalue weighted by Crippen LogP contribution is 2.25. The van der Waals surface area contributed by atoms with E-state index in [9.17, 15) is 9.90 Å². The molecule has 6 nitrogen and oxygen atoms in total. The van der Waals surface area contributed by atoms with E-state index in [1.54, 1.807) is 0 Å². The van der Waals surface area contributed by atoms with Gasteiger partial charge in [-0.2, -0.15) is 0 Å². The highest BCUT2D eigenvalue weighted by atomic mass is 16.4. The maximum Gasteiger partial charge on any atom is 0.325 e. The minimum atomic E-state index is -0.819. The molecule has 1 aromatic heterocycles. The van der Waals surface area contributed by atoms with Gasteiger partial charge < -0.3 is 15.1 Å². The van der Waals surface area contributed by atoms with E-state index in [4.69, 9.17) is 5.11 Å². The molecule has 0 bridgehead atoms. The third kappa shape index (κ3) is 4.84. The molecule has 1 unspecified atom stereocenters. The second kappa shape index (κ2) is 8.97. The van der Waals surface area contributed by atoms with Crippen LogP contribution in [-0.4, -0.2) is 58.9 Å². The molecule has 1 aliphatic heterocycles. The summed E-state index contributed by atoms with van der Waals surface area (Å²) in [6.45, 7) is 5.02. The molecular formula is C21H27N3O3. The molecule has 1 saturated heterocycles. The number of rotatable bonds is 7. The van der Waals surface area contributed by atoms with Crippen molar-refractivity contribution >= 4 is 11.8 Å². The van der Waals surface area contributed by atoms with Gasteiger partial charge in [0.15, 0.2) is 0 Å². The summed E-state index contributed by atoms with van der Waals surface area (Å²) < 4.78 is 0. The maximum absolute atomic E-state index is 12.0. The van der Waals surface area contributed by atoms with Crippen LogP contribution in [0.1, 0.15) is 29.3 Å². The minimum Gasteiger partial charge on any atom is -0.480 e. The smallest absolute Gasteiger partial charge is 0.325 e. The Labute approximate surface area is 160 Å². The van der Waals surface area contributed by atoms with E-state index < -0.39 is 12.0 Å². The highest BCUT2D eigenvalue weighted by molar-refractivity contribution is 5.75. The molecule has 0 saturated carbocycles. The van der Waals surface area contributed by atoms with Crippen molar-refractivity contribution in [2.45, 2.75) is 25.8 Å². The molecule has 6 heteroatoms. The summed E-state index contributed by atoms with van der Waals surface area (Å²) in [5.74, 6) is 0.134. The van der Waals surface area contributed by atoms with Crippen LogP contribution in [0.2, 0.25) is 0 Å². The molecule has 2 N–H and O–H groups in total. The van der Waals surface area contributed by atoms with Gasteiger partial charge in [0.05, 0.1) is 0 Å². The fourth-order valence-corrected chi connectivity index (χ4v) is 3.57. The zero-order valence-electron chi connectivity index (χ0n) is 15.7.